The Hall–Kier alpha value is -3.55. The lowest BCUT2D eigenvalue weighted by molar-refractivity contribution is -0.136. The molecule has 0 aromatic heterocycles. The Balaban J connectivity index is 1.56. The Morgan fingerprint density at radius 3 is 2.44 bits per heavy atom. The Kier molecular flexibility index (Phi) is 8.08. The van der Waals surface area contributed by atoms with E-state index in [2.05, 4.69) is 15.8 Å². The smallest absolute Gasteiger partial charge is 0.329 e. The van der Waals surface area contributed by atoms with Gasteiger partial charge in [0.2, 0.25) is 0 Å². The molecule has 0 unspecified atom stereocenters. The van der Waals surface area contributed by atoms with Gasteiger partial charge in [-0.2, -0.15) is 5.10 Å². The second-order valence-electron chi connectivity index (χ2n) is 6.49. The van der Waals surface area contributed by atoms with Gasteiger partial charge in [0.15, 0.2) is 11.5 Å². The molecule has 2 N–H and O–H groups in total. The molecule has 0 bridgehead atoms. The largest absolute Gasteiger partial charge is 0.493 e. The van der Waals surface area contributed by atoms with Crippen LogP contribution in [0.2, 0.25) is 10.0 Å². The van der Waals surface area contributed by atoms with Crippen molar-refractivity contribution in [2.45, 2.75) is 6.61 Å². The van der Waals surface area contributed by atoms with Gasteiger partial charge in [-0.1, -0.05) is 41.4 Å². The number of anilines is 1. The molecule has 0 heterocycles. The summed E-state index contributed by atoms with van der Waals surface area (Å²) in [5.74, 6) is -0.749. The van der Waals surface area contributed by atoms with Crippen molar-refractivity contribution in [3.8, 4) is 11.5 Å². The topological polar surface area (TPSA) is 89.0 Å². The normalized spacial score (nSPS) is 10.6. The van der Waals surface area contributed by atoms with Crippen molar-refractivity contribution < 1.29 is 19.1 Å². The third-order valence-corrected chi connectivity index (χ3v) is 4.65. The van der Waals surface area contributed by atoms with Crippen LogP contribution in [0.3, 0.4) is 0 Å². The van der Waals surface area contributed by atoms with E-state index in [0.29, 0.717) is 39.4 Å². The average Bonchev–Trinajstić information content (AvgIpc) is 2.79. The molecule has 0 radical (unpaired) electrons. The molecule has 0 saturated carbocycles. The fourth-order valence-corrected chi connectivity index (χ4v) is 2.91. The standard InChI is InChI=1S/C23H19Cl2N3O4/c1-31-21-11-16(7-10-20(21)32-14-15-5-8-17(24)9-6-15)13-26-28-23(30)22(29)27-19-4-2-3-18(25)12-19/h2-13H,14H2,1H3,(H,27,29)(H,28,30)/b26-13+. The predicted molar refractivity (Wildman–Crippen MR) is 125 cm³/mol. The summed E-state index contributed by atoms with van der Waals surface area (Å²) in [6, 6.07) is 18.9. The second kappa shape index (κ2) is 11.2. The number of benzene rings is 3. The van der Waals surface area contributed by atoms with Gasteiger partial charge in [-0.25, -0.2) is 5.43 Å². The number of nitrogens with one attached hydrogen (secondary N) is 2. The van der Waals surface area contributed by atoms with Crippen LogP contribution in [-0.2, 0) is 16.2 Å². The quantitative estimate of drug-likeness (QED) is 0.297. The van der Waals surface area contributed by atoms with Gasteiger partial charge in [0.25, 0.3) is 0 Å². The van der Waals surface area contributed by atoms with Crippen molar-refractivity contribution in [1.29, 1.82) is 0 Å². The van der Waals surface area contributed by atoms with Gasteiger partial charge in [0.1, 0.15) is 6.61 Å². The highest BCUT2D eigenvalue weighted by atomic mass is 35.5. The molecule has 0 saturated heterocycles. The van der Waals surface area contributed by atoms with E-state index >= 15 is 0 Å². The lowest BCUT2D eigenvalue weighted by Crippen LogP contribution is -2.32. The van der Waals surface area contributed by atoms with Gasteiger partial charge in [0, 0.05) is 15.7 Å². The highest BCUT2D eigenvalue weighted by molar-refractivity contribution is 6.39. The van der Waals surface area contributed by atoms with E-state index in [1.54, 1.807) is 48.5 Å². The van der Waals surface area contributed by atoms with Crippen LogP contribution in [0.15, 0.2) is 71.8 Å². The van der Waals surface area contributed by atoms with Gasteiger partial charge in [-0.05, 0) is 59.7 Å². The Bertz CT molecular complexity index is 1130. The molecule has 0 aliphatic carbocycles. The maximum Gasteiger partial charge on any atom is 0.329 e. The minimum absolute atomic E-state index is 0.346. The molecule has 0 aliphatic heterocycles. The van der Waals surface area contributed by atoms with Gasteiger partial charge < -0.3 is 14.8 Å². The Labute approximate surface area is 194 Å². The molecule has 3 rings (SSSR count). The summed E-state index contributed by atoms with van der Waals surface area (Å²) in [6.45, 7) is 0.346. The molecule has 0 atom stereocenters. The number of rotatable bonds is 7. The highest BCUT2D eigenvalue weighted by Gasteiger charge is 2.13. The van der Waals surface area contributed by atoms with Crippen LogP contribution in [0.1, 0.15) is 11.1 Å². The van der Waals surface area contributed by atoms with Gasteiger partial charge in [-0.3, -0.25) is 9.59 Å². The van der Waals surface area contributed by atoms with E-state index in [1.165, 1.54) is 19.4 Å². The lowest BCUT2D eigenvalue weighted by Gasteiger charge is -2.11. The maximum atomic E-state index is 11.9. The summed E-state index contributed by atoms with van der Waals surface area (Å²) < 4.78 is 11.2. The van der Waals surface area contributed by atoms with Crippen LogP contribution in [0.25, 0.3) is 0 Å². The monoisotopic (exact) mass is 471 g/mol. The van der Waals surface area contributed by atoms with Crippen molar-refractivity contribution in [2.75, 3.05) is 12.4 Å². The average molecular weight is 472 g/mol. The zero-order valence-electron chi connectivity index (χ0n) is 17.0. The van der Waals surface area contributed by atoms with Crippen LogP contribution in [0.5, 0.6) is 11.5 Å². The minimum atomic E-state index is -0.920. The third kappa shape index (κ3) is 6.73. The van der Waals surface area contributed by atoms with Crippen molar-refractivity contribution in [3.63, 3.8) is 0 Å². The Morgan fingerprint density at radius 1 is 0.938 bits per heavy atom. The molecular weight excluding hydrogens is 453 g/mol. The number of ether oxygens (including phenoxy) is 2. The number of carbonyl (C=O) groups excluding carboxylic acids is 2. The summed E-state index contributed by atoms with van der Waals surface area (Å²) in [4.78, 5) is 23.9. The summed E-state index contributed by atoms with van der Waals surface area (Å²) in [5, 5.41) is 7.34. The molecule has 3 aromatic rings. The maximum absolute atomic E-state index is 11.9. The second-order valence-corrected chi connectivity index (χ2v) is 7.36. The van der Waals surface area contributed by atoms with Crippen molar-refractivity contribution in [1.82, 2.24) is 5.43 Å². The molecule has 7 nitrogen and oxygen atoms in total. The zero-order chi connectivity index (χ0) is 22.9. The van der Waals surface area contributed by atoms with Crippen LogP contribution < -0.4 is 20.2 Å². The molecule has 32 heavy (non-hydrogen) atoms. The van der Waals surface area contributed by atoms with Crippen LogP contribution in [0, 0.1) is 0 Å². The zero-order valence-corrected chi connectivity index (χ0v) is 18.5. The van der Waals surface area contributed by atoms with E-state index < -0.39 is 11.8 Å². The number of methoxy groups -OCH3 is 1. The summed E-state index contributed by atoms with van der Waals surface area (Å²) in [5.41, 5.74) is 4.17. The third-order valence-electron chi connectivity index (χ3n) is 4.16. The number of carbonyl (C=O) groups is 2. The van der Waals surface area contributed by atoms with Crippen molar-refractivity contribution in [3.05, 3.63) is 87.9 Å². The first kappa shape index (κ1) is 23.1. The van der Waals surface area contributed by atoms with Gasteiger partial charge in [0.05, 0.1) is 13.3 Å². The molecule has 2 amide bonds. The highest BCUT2D eigenvalue weighted by Crippen LogP contribution is 2.28. The van der Waals surface area contributed by atoms with Gasteiger partial charge in [-0.15, -0.1) is 0 Å². The fraction of sp³-hybridized carbons (Fsp3) is 0.0870. The molecular formula is C23H19Cl2N3O4. The van der Waals surface area contributed by atoms with E-state index in [9.17, 15) is 9.59 Å². The molecule has 0 spiro atoms. The number of hydrogen-bond donors (Lipinski definition) is 2. The number of nitrogens with zero attached hydrogens (tertiary/aromatic N) is 1. The molecule has 164 valence electrons. The molecule has 0 aliphatic rings. The van der Waals surface area contributed by atoms with E-state index in [-0.39, 0.29) is 0 Å². The predicted octanol–water partition coefficient (Wildman–Crippen LogP) is 4.67. The van der Waals surface area contributed by atoms with Crippen LogP contribution in [-0.4, -0.2) is 25.1 Å². The van der Waals surface area contributed by atoms with Gasteiger partial charge >= 0.3 is 11.8 Å². The molecule has 0 fully saturated rings. The van der Waals surface area contributed by atoms with Crippen molar-refractivity contribution >= 4 is 46.9 Å². The summed E-state index contributed by atoms with van der Waals surface area (Å²) in [6.07, 6.45) is 1.38. The number of amides is 2. The van der Waals surface area contributed by atoms with E-state index in [1.807, 2.05) is 12.1 Å². The minimum Gasteiger partial charge on any atom is -0.493 e. The number of halogens is 2. The van der Waals surface area contributed by atoms with Crippen molar-refractivity contribution in [2.24, 2.45) is 5.10 Å². The van der Waals surface area contributed by atoms with E-state index in [4.69, 9.17) is 32.7 Å². The SMILES string of the molecule is COc1cc(/C=N/NC(=O)C(=O)Nc2cccc(Cl)c2)ccc1OCc1ccc(Cl)cc1. The first-order chi connectivity index (χ1) is 15.4. The first-order valence-corrected chi connectivity index (χ1v) is 10.2. The number of hydrazone groups is 1. The Morgan fingerprint density at radius 2 is 1.72 bits per heavy atom. The number of hydrogen-bond acceptors (Lipinski definition) is 5. The van der Waals surface area contributed by atoms with Crippen LogP contribution in [0.4, 0.5) is 5.69 Å². The molecule has 9 heteroatoms. The van der Waals surface area contributed by atoms with E-state index in [0.717, 1.165) is 5.56 Å². The van der Waals surface area contributed by atoms with Crippen LogP contribution >= 0.6 is 23.2 Å². The summed E-state index contributed by atoms with van der Waals surface area (Å²) in [7, 11) is 1.52. The summed E-state index contributed by atoms with van der Waals surface area (Å²) >= 11 is 11.7. The molecule has 3 aromatic carbocycles. The first-order valence-electron chi connectivity index (χ1n) is 9.40. The fourth-order valence-electron chi connectivity index (χ4n) is 2.60. The lowest BCUT2D eigenvalue weighted by atomic mass is 10.2.